The number of hydrogen-bond acceptors (Lipinski definition) is 4. The number of likely N-dealkylation sites (tertiary alicyclic amines) is 1. The van der Waals surface area contributed by atoms with E-state index < -0.39 is 4.92 Å². The standard InChI is InChI=1S/C21H22N4O3/c1-15-6-7-17(12-20(15)25(27)28)21(26)23-10-8-16(9-11-23)13-24-14-22-18-4-2-3-5-19(18)24/h2-7,12,14,16H,8-11,13H2,1H3. The Bertz CT molecular complexity index is 1040. The van der Waals surface area contributed by atoms with Crippen LogP contribution >= 0.6 is 0 Å². The van der Waals surface area contributed by atoms with Gasteiger partial charge in [0, 0.05) is 36.8 Å². The van der Waals surface area contributed by atoms with Gasteiger partial charge < -0.3 is 9.47 Å². The number of benzene rings is 2. The summed E-state index contributed by atoms with van der Waals surface area (Å²) in [5.41, 5.74) is 3.07. The van der Waals surface area contributed by atoms with Crippen LogP contribution < -0.4 is 0 Å². The number of aryl methyl sites for hydroxylation is 1. The molecule has 1 aromatic heterocycles. The van der Waals surface area contributed by atoms with Crippen molar-refractivity contribution in [2.24, 2.45) is 5.92 Å². The second-order valence-electron chi connectivity index (χ2n) is 7.38. The highest BCUT2D eigenvalue weighted by atomic mass is 16.6. The molecule has 144 valence electrons. The number of piperidine rings is 1. The average molecular weight is 378 g/mol. The highest BCUT2D eigenvalue weighted by Gasteiger charge is 2.25. The molecule has 1 amide bonds. The van der Waals surface area contributed by atoms with Crippen molar-refractivity contribution in [1.29, 1.82) is 0 Å². The summed E-state index contributed by atoms with van der Waals surface area (Å²) in [5.74, 6) is 0.351. The van der Waals surface area contributed by atoms with Crippen molar-refractivity contribution < 1.29 is 9.72 Å². The predicted molar refractivity (Wildman–Crippen MR) is 106 cm³/mol. The second-order valence-corrected chi connectivity index (χ2v) is 7.38. The molecule has 0 N–H and O–H groups in total. The van der Waals surface area contributed by atoms with E-state index in [0.717, 1.165) is 30.4 Å². The minimum absolute atomic E-state index is 0.00674. The van der Waals surface area contributed by atoms with Gasteiger partial charge in [-0.25, -0.2) is 4.98 Å². The summed E-state index contributed by atoms with van der Waals surface area (Å²) in [6, 6.07) is 12.8. The highest BCUT2D eigenvalue weighted by molar-refractivity contribution is 5.95. The van der Waals surface area contributed by atoms with Gasteiger partial charge in [0.05, 0.1) is 22.3 Å². The highest BCUT2D eigenvalue weighted by Crippen LogP contribution is 2.25. The summed E-state index contributed by atoms with van der Waals surface area (Å²) < 4.78 is 2.18. The molecule has 0 aliphatic carbocycles. The van der Waals surface area contributed by atoms with Crippen LogP contribution in [0.3, 0.4) is 0 Å². The largest absolute Gasteiger partial charge is 0.339 e. The van der Waals surface area contributed by atoms with Gasteiger partial charge in [0.1, 0.15) is 0 Å². The molecule has 0 radical (unpaired) electrons. The van der Waals surface area contributed by atoms with Crippen LogP contribution in [0.15, 0.2) is 48.8 Å². The Morgan fingerprint density at radius 1 is 1.21 bits per heavy atom. The number of imidazole rings is 1. The van der Waals surface area contributed by atoms with E-state index in [4.69, 9.17) is 0 Å². The second kappa shape index (κ2) is 7.42. The van der Waals surface area contributed by atoms with Crippen LogP contribution in [-0.2, 0) is 6.54 Å². The number of hydrogen-bond donors (Lipinski definition) is 0. The number of carbonyl (C=O) groups excluding carboxylic acids is 1. The summed E-state index contributed by atoms with van der Waals surface area (Å²) in [7, 11) is 0. The zero-order chi connectivity index (χ0) is 19.7. The molecule has 2 aromatic carbocycles. The van der Waals surface area contributed by atoms with E-state index in [2.05, 4.69) is 15.6 Å². The third-order valence-electron chi connectivity index (χ3n) is 5.54. The lowest BCUT2D eigenvalue weighted by atomic mass is 9.96. The quantitative estimate of drug-likeness (QED) is 0.511. The van der Waals surface area contributed by atoms with Crippen LogP contribution in [0.5, 0.6) is 0 Å². The van der Waals surface area contributed by atoms with Crippen LogP contribution in [0, 0.1) is 23.0 Å². The van der Waals surface area contributed by atoms with Gasteiger partial charge in [-0.05, 0) is 43.9 Å². The molecule has 0 bridgehead atoms. The van der Waals surface area contributed by atoms with Crippen LogP contribution in [0.4, 0.5) is 5.69 Å². The first-order chi connectivity index (χ1) is 13.5. The zero-order valence-electron chi connectivity index (χ0n) is 15.7. The number of nitrogens with zero attached hydrogens (tertiary/aromatic N) is 4. The van der Waals surface area contributed by atoms with Crippen molar-refractivity contribution in [2.45, 2.75) is 26.3 Å². The van der Waals surface area contributed by atoms with Crippen LogP contribution in [-0.4, -0.2) is 38.4 Å². The van der Waals surface area contributed by atoms with Gasteiger partial charge in [0.15, 0.2) is 0 Å². The Kier molecular flexibility index (Phi) is 4.81. The fourth-order valence-electron chi connectivity index (χ4n) is 3.87. The normalized spacial score (nSPS) is 15.1. The lowest BCUT2D eigenvalue weighted by Crippen LogP contribution is -2.39. The first-order valence-corrected chi connectivity index (χ1v) is 9.47. The summed E-state index contributed by atoms with van der Waals surface area (Å²) in [6.07, 6.45) is 3.70. The van der Waals surface area contributed by atoms with Crippen molar-refractivity contribution >= 4 is 22.6 Å². The average Bonchev–Trinajstić information content (AvgIpc) is 3.11. The van der Waals surface area contributed by atoms with Gasteiger partial charge in [-0.3, -0.25) is 14.9 Å². The molecule has 1 aliphatic rings. The molecule has 0 atom stereocenters. The molecule has 3 aromatic rings. The Morgan fingerprint density at radius 3 is 2.71 bits per heavy atom. The minimum Gasteiger partial charge on any atom is -0.339 e. The molecule has 1 saturated heterocycles. The fraction of sp³-hybridized carbons (Fsp3) is 0.333. The third-order valence-corrected chi connectivity index (χ3v) is 5.54. The minimum atomic E-state index is -0.437. The van der Waals surface area contributed by atoms with Crippen molar-refractivity contribution in [3.05, 3.63) is 70.0 Å². The zero-order valence-corrected chi connectivity index (χ0v) is 15.7. The number of nitro benzene ring substituents is 1. The van der Waals surface area contributed by atoms with Gasteiger partial charge in [-0.15, -0.1) is 0 Å². The van der Waals surface area contributed by atoms with Crippen molar-refractivity contribution in [1.82, 2.24) is 14.5 Å². The molecule has 1 fully saturated rings. The summed E-state index contributed by atoms with van der Waals surface area (Å²) in [4.78, 5) is 29.7. The molecule has 4 rings (SSSR count). The van der Waals surface area contributed by atoms with E-state index in [1.165, 1.54) is 6.07 Å². The molecule has 0 saturated carbocycles. The predicted octanol–water partition coefficient (Wildman–Crippen LogP) is 3.81. The molecule has 2 heterocycles. The van der Waals surface area contributed by atoms with Gasteiger partial charge in [0.25, 0.3) is 11.6 Å². The molecular weight excluding hydrogens is 356 g/mol. The summed E-state index contributed by atoms with van der Waals surface area (Å²) in [5, 5.41) is 11.1. The molecule has 0 unspecified atom stereocenters. The fourth-order valence-corrected chi connectivity index (χ4v) is 3.87. The molecule has 7 nitrogen and oxygen atoms in total. The van der Waals surface area contributed by atoms with E-state index in [0.29, 0.717) is 30.1 Å². The SMILES string of the molecule is Cc1ccc(C(=O)N2CCC(Cn3cnc4ccccc43)CC2)cc1[N+](=O)[O-]. The molecular formula is C21H22N4O3. The first kappa shape index (κ1) is 18.2. The van der Waals surface area contributed by atoms with Gasteiger partial charge in [-0.1, -0.05) is 18.2 Å². The number of nitro groups is 1. The van der Waals surface area contributed by atoms with E-state index in [-0.39, 0.29) is 11.6 Å². The van der Waals surface area contributed by atoms with Crippen molar-refractivity contribution in [3.8, 4) is 0 Å². The van der Waals surface area contributed by atoms with Crippen molar-refractivity contribution in [3.63, 3.8) is 0 Å². The Hall–Kier alpha value is -3.22. The van der Waals surface area contributed by atoms with E-state index in [1.54, 1.807) is 24.0 Å². The van der Waals surface area contributed by atoms with Gasteiger partial charge in [-0.2, -0.15) is 0 Å². The van der Waals surface area contributed by atoms with Crippen LogP contribution in [0.1, 0.15) is 28.8 Å². The number of rotatable bonds is 4. The number of amides is 1. The smallest absolute Gasteiger partial charge is 0.273 e. The molecule has 7 heteroatoms. The molecule has 0 spiro atoms. The topological polar surface area (TPSA) is 81.3 Å². The summed E-state index contributed by atoms with van der Waals surface area (Å²) in [6.45, 7) is 3.89. The molecule has 28 heavy (non-hydrogen) atoms. The Labute approximate surface area is 162 Å². The number of para-hydroxylation sites is 2. The first-order valence-electron chi connectivity index (χ1n) is 9.47. The Morgan fingerprint density at radius 2 is 1.96 bits per heavy atom. The van der Waals surface area contributed by atoms with Gasteiger partial charge in [0.2, 0.25) is 0 Å². The number of aromatic nitrogens is 2. The maximum Gasteiger partial charge on any atom is 0.273 e. The van der Waals surface area contributed by atoms with Crippen molar-refractivity contribution in [2.75, 3.05) is 13.1 Å². The maximum atomic E-state index is 12.8. The summed E-state index contributed by atoms with van der Waals surface area (Å²) >= 11 is 0. The number of fused-ring (bicyclic) bond motifs is 1. The van der Waals surface area contributed by atoms with E-state index in [1.807, 2.05) is 24.5 Å². The lowest BCUT2D eigenvalue weighted by molar-refractivity contribution is -0.385. The van der Waals surface area contributed by atoms with Crippen LogP contribution in [0.2, 0.25) is 0 Å². The van der Waals surface area contributed by atoms with Crippen LogP contribution in [0.25, 0.3) is 11.0 Å². The Balaban J connectivity index is 1.40. The monoisotopic (exact) mass is 378 g/mol. The lowest BCUT2D eigenvalue weighted by Gasteiger charge is -2.32. The van der Waals surface area contributed by atoms with E-state index >= 15 is 0 Å². The van der Waals surface area contributed by atoms with E-state index in [9.17, 15) is 14.9 Å². The third kappa shape index (κ3) is 3.47. The van der Waals surface area contributed by atoms with Gasteiger partial charge >= 0.3 is 0 Å². The maximum absolute atomic E-state index is 12.8. The molecule has 1 aliphatic heterocycles. The number of carbonyl (C=O) groups is 1.